The number of ether oxygens (including phenoxy) is 1. The van der Waals surface area contributed by atoms with Gasteiger partial charge in [0.05, 0.1) is 11.1 Å². The Labute approximate surface area is 126 Å². The van der Waals surface area contributed by atoms with Gasteiger partial charge >= 0.3 is 0 Å². The van der Waals surface area contributed by atoms with Crippen molar-refractivity contribution in [3.8, 4) is 5.75 Å². The lowest BCUT2D eigenvalue weighted by molar-refractivity contribution is 0.303. The van der Waals surface area contributed by atoms with Gasteiger partial charge in [-0.3, -0.25) is 0 Å². The van der Waals surface area contributed by atoms with Crippen LogP contribution in [0.2, 0.25) is 0 Å². The summed E-state index contributed by atoms with van der Waals surface area (Å²) >= 11 is 3.60. The normalized spacial score (nSPS) is 11.4. The van der Waals surface area contributed by atoms with E-state index in [1.54, 1.807) is 0 Å². The van der Waals surface area contributed by atoms with Gasteiger partial charge in [-0.25, -0.2) is 0 Å². The molecule has 0 N–H and O–H groups in total. The van der Waals surface area contributed by atoms with E-state index in [-0.39, 0.29) is 5.41 Å². The molecule has 1 aromatic rings. The molecule has 0 saturated heterocycles. The van der Waals surface area contributed by atoms with Crippen LogP contribution >= 0.6 is 15.9 Å². The lowest BCUT2D eigenvalue weighted by atomic mass is 9.87. The molecule has 0 aliphatic rings. The fourth-order valence-electron chi connectivity index (χ4n) is 1.83. The predicted molar refractivity (Wildman–Crippen MR) is 87.0 cm³/mol. The molecular weight excluding hydrogens is 300 g/mol. The fourth-order valence-corrected chi connectivity index (χ4v) is 2.33. The molecule has 0 unspecified atom stereocenters. The highest BCUT2D eigenvalue weighted by atomic mass is 79.9. The second-order valence-corrected chi connectivity index (χ2v) is 6.74. The Hall–Kier alpha value is -0.760. The number of allylic oxidation sites excluding steroid dienone is 1. The van der Waals surface area contributed by atoms with Crippen molar-refractivity contribution in [2.45, 2.75) is 51.9 Å². The molecule has 0 radical (unpaired) electrons. The Morgan fingerprint density at radius 2 is 1.95 bits per heavy atom. The molecule has 0 fully saturated rings. The minimum absolute atomic E-state index is 0.172. The molecule has 0 aromatic heterocycles. The first-order valence-electron chi connectivity index (χ1n) is 6.99. The van der Waals surface area contributed by atoms with Gasteiger partial charge in [-0.1, -0.05) is 32.9 Å². The summed E-state index contributed by atoms with van der Waals surface area (Å²) in [5.74, 6) is 0.941. The maximum Gasteiger partial charge on any atom is 0.133 e. The maximum atomic E-state index is 5.81. The van der Waals surface area contributed by atoms with Gasteiger partial charge in [-0.05, 0) is 64.7 Å². The Balaban J connectivity index is 2.45. The first kappa shape index (κ1) is 16.3. The van der Waals surface area contributed by atoms with Gasteiger partial charge in [0.2, 0.25) is 0 Å². The van der Waals surface area contributed by atoms with Crippen LogP contribution in [0.15, 0.2) is 35.3 Å². The van der Waals surface area contributed by atoms with E-state index >= 15 is 0 Å². The van der Waals surface area contributed by atoms with Crippen molar-refractivity contribution in [1.29, 1.82) is 0 Å². The Morgan fingerprint density at radius 3 is 2.53 bits per heavy atom. The van der Waals surface area contributed by atoms with Crippen molar-refractivity contribution in [1.82, 2.24) is 0 Å². The number of halogens is 1. The molecule has 0 saturated carbocycles. The largest absolute Gasteiger partial charge is 0.492 e. The molecule has 106 valence electrons. The van der Waals surface area contributed by atoms with E-state index in [1.807, 2.05) is 6.08 Å². The van der Waals surface area contributed by atoms with Gasteiger partial charge in [0.25, 0.3) is 0 Å². The minimum atomic E-state index is 0.172. The highest BCUT2D eigenvalue weighted by Crippen LogP contribution is 2.31. The van der Waals surface area contributed by atoms with Crippen molar-refractivity contribution in [2.75, 3.05) is 6.61 Å². The summed E-state index contributed by atoms with van der Waals surface area (Å²) in [7, 11) is 0. The number of rotatable bonds is 7. The average molecular weight is 325 g/mol. The van der Waals surface area contributed by atoms with Crippen LogP contribution in [0, 0.1) is 0 Å². The molecule has 0 aliphatic heterocycles. The lowest BCUT2D eigenvalue weighted by Gasteiger charge is -2.20. The van der Waals surface area contributed by atoms with E-state index in [2.05, 4.69) is 61.5 Å². The smallest absolute Gasteiger partial charge is 0.133 e. The summed E-state index contributed by atoms with van der Waals surface area (Å²) in [4.78, 5) is 0. The van der Waals surface area contributed by atoms with Crippen LogP contribution in [0.3, 0.4) is 0 Å². The van der Waals surface area contributed by atoms with Crippen LogP contribution in [0.5, 0.6) is 5.75 Å². The molecule has 0 spiro atoms. The quantitative estimate of drug-likeness (QED) is 0.450. The van der Waals surface area contributed by atoms with E-state index in [0.29, 0.717) is 0 Å². The molecule has 1 nitrogen and oxygen atoms in total. The van der Waals surface area contributed by atoms with E-state index in [4.69, 9.17) is 4.74 Å². The van der Waals surface area contributed by atoms with Gasteiger partial charge in [0, 0.05) is 0 Å². The van der Waals surface area contributed by atoms with E-state index < -0.39 is 0 Å². The summed E-state index contributed by atoms with van der Waals surface area (Å²) in [6, 6.07) is 6.37. The summed E-state index contributed by atoms with van der Waals surface area (Å²) in [5.41, 5.74) is 1.49. The molecule has 0 bridgehead atoms. The number of unbranched alkanes of at least 4 members (excludes halogenated alkanes) is 3. The van der Waals surface area contributed by atoms with Crippen molar-refractivity contribution >= 4 is 15.9 Å². The first-order valence-corrected chi connectivity index (χ1v) is 7.78. The molecule has 1 rings (SSSR count). The lowest BCUT2D eigenvalue weighted by Crippen LogP contribution is -2.11. The zero-order chi connectivity index (χ0) is 14.3. The second kappa shape index (κ2) is 7.74. The SMILES string of the molecule is C=CCCCCCOc1ccc(C(C)(C)C)cc1Br. The van der Waals surface area contributed by atoms with E-state index in [0.717, 1.165) is 29.7 Å². The maximum absolute atomic E-state index is 5.81. The van der Waals surface area contributed by atoms with Gasteiger partial charge in [0.15, 0.2) is 0 Å². The van der Waals surface area contributed by atoms with Crippen LogP contribution in [0.1, 0.15) is 52.0 Å². The molecule has 2 heteroatoms. The van der Waals surface area contributed by atoms with Crippen molar-refractivity contribution in [3.05, 3.63) is 40.9 Å². The summed E-state index contributed by atoms with van der Waals surface area (Å²) in [6.07, 6.45) is 6.58. The number of hydrogen-bond donors (Lipinski definition) is 0. The van der Waals surface area contributed by atoms with Gasteiger partial charge in [-0.15, -0.1) is 6.58 Å². The Morgan fingerprint density at radius 1 is 1.21 bits per heavy atom. The average Bonchev–Trinajstić information content (AvgIpc) is 2.34. The number of benzene rings is 1. The zero-order valence-corrected chi connectivity index (χ0v) is 13.9. The third-order valence-corrected chi connectivity index (χ3v) is 3.73. The molecule has 0 amide bonds. The zero-order valence-electron chi connectivity index (χ0n) is 12.3. The minimum Gasteiger partial charge on any atom is -0.492 e. The van der Waals surface area contributed by atoms with Crippen LogP contribution in [-0.4, -0.2) is 6.61 Å². The van der Waals surface area contributed by atoms with Crippen molar-refractivity contribution < 1.29 is 4.74 Å². The highest BCUT2D eigenvalue weighted by molar-refractivity contribution is 9.10. The molecule has 19 heavy (non-hydrogen) atoms. The topological polar surface area (TPSA) is 9.23 Å². The molecule has 0 atom stereocenters. The molecular formula is C17H25BrO. The third kappa shape index (κ3) is 5.82. The van der Waals surface area contributed by atoms with Gasteiger partial charge < -0.3 is 4.74 Å². The molecule has 0 aliphatic carbocycles. The van der Waals surface area contributed by atoms with E-state index in [9.17, 15) is 0 Å². The summed E-state index contributed by atoms with van der Waals surface area (Å²) < 4.78 is 6.86. The molecule has 0 heterocycles. The first-order chi connectivity index (χ1) is 8.95. The summed E-state index contributed by atoms with van der Waals surface area (Å²) in [5, 5.41) is 0. The van der Waals surface area contributed by atoms with E-state index in [1.165, 1.54) is 18.4 Å². The monoisotopic (exact) mass is 324 g/mol. The van der Waals surface area contributed by atoms with Crippen molar-refractivity contribution in [3.63, 3.8) is 0 Å². The number of hydrogen-bond acceptors (Lipinski definition) is 1. The Kier molecular flexibility index (Phi) is 6.64. The highest BCUT2D eigenvalue weighted by Gasteiger charge is 2.15. The van der Waals surface area contributed by atoms with Crippen LogP contribution < -0.4 is 4.74 Å². The van der Waals surface area contributed by atoms with Crippen LogP contribution in [0.25, 0.3) is 0 Å². The van der Waals surface area contributed by atoms with Crippen LogP contribution in [-0.2, 0) is 5.41 Å². The predicted octanol–water partition coefficient (Wildman–Crippen LogP) is 5.87. The molecule has 1 aromatic carbocycles. The van der Waals surface area contributed by atoms with Crippen LogP contribution in [0.4, 0.5) is 0 Å². The van der Waals surface area contributed by atoms with Gasteiger partial charge in [0.1, 0.15) is 5.75 Å². The van der Waals surface area contributed by atoms with Gasteiger partial charge in [-0.2, -0.15) is 0 Å². The second-order valence-electron chi connectivity index (χ2n) is 5.88. The summed E-state index contributed by atoms with van der Waals surface area (Å²) in [6.45, 7) is 11.2. The standard InChI is InChI=1S/C17H25BrO/c1-5-6-7-8-9-12-19-16-11-10-14(13-15(16)18)17(2,3)4/h5,10-11,13H,1,6-9,12H2,2-4H3. The third-order valence-electron chi connectivity index (χ3n) is 3.11. The van der Waals surface area contributed by atoms with Crippen molar-refractivity contribution in [2.24, 2.45) is 0 Å². The Bertz CT molecular complexity index is 404. The fraction of sp³-hybridized carbons (Fsp3) is 0.529.